The van der Waals surface area contributed by atoms with Crippen LogP contribution in [0.1, 0.15) is 36.5 Å². The van der Waals surface area contributed by atoms with Gasteiger partial charge in [0, 0.05) is 43.0 Å². The molecule has 1 saturated heterocycles. The second-order valence-electron chi connectivity index (χ2n) is 8.17. The second kappa shape index (κ2) is 7.94. The Morgan fingerprint density at radius 2 is 1.93 bits per heavy atom. The normalized spacial score (nSPS) is 18.0. The van der Waals surface area contributed by atoms with Crippen molar-refractivity contribution in [3.63, 3.8) is 0 Å². The molecule has 0 saturated carbocycles. The number of anilines is 3. The lowest BCUT2D eigenvalue weighted by molar-refractivity contribution is -0.122. The van der Waals surface area contributed by atoms with Gasteiger partial charge in [0.2, 0.25) is 17.7 Å². The summed E-state index contributed by atoms with van der Waals surface area (Å²) < 4.78 is 0. The summed E-state index contributed by atoms with van der Waals surface area (Å²) in [5, 5.41) is 2.99. The van der Waals surface area contributed by atoms with Gasteiger partial charge in [0.05, 0.1) is 5.92 Å². The third-order valence-corrected chi connectivity index (χ3v) is 6.02. The van der Waals surface area contributed by atoms with E-state index in [4.69, 9.17) is 0 Å². The number of benzene rings is 2. The van der Waals surface area contributed by atoms with Crippen LogP contribution in [0.3, 0.4) is 0 Å². The molecule has 2 aromatic rings. The van der Waals surface area contributed by atoms with Gasteiger partial charge in [0.1, 0.15) is 0 Å². The van der Waals surface area contributed by atoms with Crippen molar-refractivity contribution >= 4 is 34.8 Å². The van der Waals surface area contributed by atoms with Crippen molar-refractivity contribution in [3.05, 3.63) is 53.1 Å². The van der Waals surface area contributed by atoms with Crippen LogP contribution in [0.15, 0.2) is 36.4 Å². The number of carbonyl (C=O) groups is 3. The number of rotatable bonds is 4. The van der Waals surface area contributed by atoms with E-state index in [2.05, 4.69) is 5.32 Å². The number of hydrogen-bond donors (Lipinski definition) is 1. The first kappa shape index (κ1) is 20.1. The first-order valence-electron chi connectivity index (χ1n) is 10.5. The van der Waals surface area contributed by atoms with E-state index in [0.717, 1.165) is 40.2 Å². The maximum Gasteiger partial charge on any atom is 0.229 e. The molecule has 0 aliphatic carbocycles. The monoisotopic (exact) mass is 405 g/mol. The molecule has 6 heteroatoms. The van der Waals surface area contributed by atoms with E-state index in [0.29, 0.717) is 19.5 Å². The van der Waals surface area contributed by atoms with Gasteiger partial charge >= 0.3 is 0 Å². The minimum Gasteiger partial charge on any atom is -0.326 e. The zero-order valence-electron chi connectivity index (χ0n) is 17.7. The quantitative estimate of drug-likeness (QED) is 0.845. The van der Waals surface area contributed by atoms with Gasteiger partial charge in [-0.15, -0.1) is 0 Å². The van der Waals surface area contributed by atoms with Crippen molar-refractivity contribution < 1.29 is 14.4 Å². The second-order valence-corrected chi connectivity index (χ2v) is 8.17. The van der Waals surface area contributed by atoms with Crippen molar-refractivity contribution in [3.8, 4) is 0 Å². The molecule has 30 heavy (non-hydrogen) atoms. The van der Waals surface area contributed by atoms with Gasteiger partial charge in [-0.1, -0.05) is 19.1 Å². The molecule has 1 N–H and O–H groups in total. The van der Waals surface area contributed by atoms with Crippen LogP contribution in [0.4, 0.5) is 17.1 Å². The van der Waals surface area contributed by atoms with Crippen LogP contribution in [0.2, 0.25) is 0 Å². The fourth-order valence-electron chi connectivity index (χ4n) is 4.24. The number of amides is 3. The molecule has 2 aromatic carbocycles. The zero-order chi connectivity index (χ0) is 21.4. The maximum absolute atomic E-state index is 12.8. The lowest BCUT2D eigenvalue weighted by atomic mass is 10.1. The topological polar surface area (TPSA) is 69.7 Å². The number of hydrogen-bond acceptors (Lipinski definition) is 3. The first-order chi connectivity index (χ1) is 14.4. The summed E-state index contributed by atoms with van der Waals surface area (Å²) in [5.74, 6) is -0.443. The van der Waals surface area contributed by atoms with Crippen molar-refractivity contribution in [2.75, 3.05) is 28.2 Å². The minimum absolute atomic E-state index is 0.0458. The first-order valence-corrected chi connectivity index (χ1v) is 10.5. The lowest BCUT2D eigenvalue weighted by Gasteiger charge is -2.20. The highest BCUT2D eigenvalue weighted by atomic mass is 16.2. The predicted octanol–water partition coefficient (Wildman–Crippen LogP) is 3.59. The van der Waals surface area contributed by atoms with Crippen molar-refractivity contribution in [1.29, 1.82) is 0 Å². The SMILES string of the molecule is CCC(=O)N1CCc2cc(N3CC(C(=O)Nc4cc(C)ccc4C)CC3=O)ccc21. The molecule has 0 aromatic heterocycles. The molecule has 6 nitrogen and oxygen atoms in total. The van der Waals surface area contributed by atoms with Crippen molar-refractivity contribution in [2.45, 2.75) is 40.0 Å². The number of carbonyl (C=O) groups excluding carboxylic acids is 3. The van der Waals surface area contributed by atoms with Crippen LogP contribution in [0.5, 0.6) is 0 Å². The Kier molecular flexibility index (Phi) is 5.33. The number of aryl methyl sites for hydroxylation is 2. The van der Waals surface area contributed by atoms with E-state index in [1.165, 1.54) is 0 Å². The summed E-state index contributed by atoms with van der Waals surface area (Å²) in [5.41, 5.74) is 5.68. The van der Waals surface area contributed by atoms with Crippen LogP contribution in [-0.2, 0) is 20.8 Å². The van der Waals surface area contributed by atoms with E-state index in [9.17, 15) is 14.4 Å². The smallest absolute Gasteiger partial charge is 0.229 e. The average Bonchev–Trinajstić information content (AvgIpc) is 3.33. The molecule has 1 fully saturated rings. The summed E-state index contributed by atoms with van der Waals surface area (Å²) in [6.07, 6.45) is 1.46. The molecule has 1 unspecified atom stereocenters. The van der Waals surface area contributed by atoms with E-state index >= 15 is 0 Å². The Morgan fingerprint density at radius 1 is 1.13 bits per heavy atom. The van der Waals surface area contributed by atoms with Crippen LogP contribution in [0.25, 0.3) is 0 Å². The Labute approximate surface area is 176 Å². The molecule has 2 heterocycles. The molecular formula is C24H27N3O3. The van der Waals surface area contributed by atoms with E-state index in [1.54, 1.807) is 4.90 Å². The highest BCUT2D eigenvalue weighted by Gasteiger charge is 2.36. The molecule has 0 radical (unpaired) electrons. The fourth-order valence-corrected chi connectivity index (χ4v) is 4.24. The lowest BCUT2D eigenvalue weighted by Crippen LogP contribution is -2.28. The zero-order valence-corrected chi connectivity index (χ0v) is 17.7. The van der Waals surface area contributed by atoms with Gasteiger partial charge in [0.15, 0.2) is 0 Å². The Morgan fingerprint density at radius 3 is 2.70 bits per heavy atom. The Balaban J connectivity index is 1.48. The number of fused-ring (bicyclic) bond motifs is 1. The van der Waals surface area contributed by atoms with Gasteiger partial charge < -0.3 is 15.1 Å². The van der Waals surface area contributed by atoms with Crippen LogP contribution in [-0.4, -0.2) is 30.8 Å². The largest absolute Gasteiger partial charge is 0.326 e. The van der Waals surface area contributed by atoms with Gasteiger partial charge in [-0.05, 0) is 61.2 Å². The summed E-state index contributed by atoms with van der Waals surface area (Å²) >= 11 is 0. The molecule has 1 atom stereocenters. The third-order valence-electron chi connectivity index (χ3n) is 6.02. The van der Waals surface area contributed by atoms with Gasteiger partial charge in [0.25, 0.3) is 0 Å². The van der Waals surface area contributed by atoms with Gasteiger partial charge in [-0.3, -0.25) is 14.4 Å². The highest BCUT2D eigenvalue weighted by Crippen LogP contribution is 2.34. The van der Waals surface area contributed by atoms with E-state index in [1.807, 2.05) is 62.1 Å². The summed E-state index contributed by atoms with van der Waals surface area (Å²) in [7, 11) is 0. The van der Waals surface area contributed by atoms with Crippen molar-refractivity contribution in [1.82, 2.24) is 0 Å². The fraction of sp³-hybridized carbons (Fsp3) is 0.375. The summed E-state index contributed by atoms with van der Waals surface area (Å²) in [4.78, 5) is 41.1. The summed E-state index contributed by atoms with van der Waals surface area (Å²) in [6, 6.07) is 11.7. The van der Waals surface area contributed by atoms with Crippen LogP contribution >= 0.6 is 0 Å². The standard InChI is InChI=1S/C24H27N3O3/c1-4-22(28)26-10-9-17-12-19(7-8-21(17)26)27-14-18(13-23(27)29)24(30)25-20-11-15(2)5-6-16(20)3/h5-8,11-12,18H,4,9-10,13-14H2,1-3H3,(H,25,30). The molecule has 2 aliphatic rings. The molecular weight excluding hydrogens is 378 g/mol. The van der Waals surface area contributed by atoms with E-state index in [-0.39, 0.29) is 30.1 Å². The number of nitrogens with zero attached hydrogens (tertiary/aromatic N) is 2. The Hall–Kier alpha value is -3.15. The minimum atomic E-state index is -0.385. The predicted molar refractivity (Wildman–Crippen MR) is 118 cm³/mol. The van der Waals surface area contributed by atoms with Crippen LogP contribution in [0, 0.1) is 19.8 Å². The van der Waals surface area contributed by atoms with Gasteiger partial charge in [-0.25, -0.2) is 0 Å². The molecule has 3 amide bonds. The molecule has 156 valence electrons. The average molecular weight is 405 g/mol. The maximum atomic E-state index is 12.8. The molecule has 0 bridgehead atoms. The molecule has 0 spiro atoms. The Bertz CT molecular complexity index is 1030. The summed E-state index contributed by atoms with van der Waals surface area (Å²) in [6.45, 7) is 6.85. The van der Waals surface area contributed by atoms with Gasteiger partial charge in [-0.2, -0.15) is 0 Å². The van der Waals surface area contributed by atoms with Crippen molar-refractivity contribution in [2.24, 2.45) is 5.92 Å². The van der Waals surface area contributed by atoms with E-state index < -0.39 is 0 Å². The highest BCUT2D eigenvalue weighted by molar-refractivity contribution is 6.04. The molecule has 2 aliphatic heterocycles. The molecule has 4 rings (SSSR count). The van der Waals surface area contributed by atoms with Crippen LogP contribution < -0.4 is 15.1 Å². The number of nitrogens with one attached hydrogen (secondary N) is 1. The third kappa shape index (κ3) is 3.70.